The number of nitrogens with one attached hydrogen (secondary N) is 1. The van der Waals surface area contributed by atoms with Crippen LogP contribution in [0.1, 0.15) is 26.3 Å². The maximum absolute atomic E-state index is 13.8. The van der Waals surface area contributed by atoms with E-state index >= 15 is 0 Å². The van der Waals surface area contributed by atoms with Crippen LogP contribution >= 0.6 is 0 Å². The summed E-state index contributed by atoms with van der Waals surface area (Å²) in [7, 11) is 0. The van der Waals surface area contributed by atoms with Crippen LogP contribution in [0.5, 0.6) is 0 Å². The molecular formula is C15H18FNO3. The van der Waals surface area contributed by atoms with E-state index in [2.05, 4.69) is 5.32 Å². The second kappa shape index (κ2) is 6.84. The zero-order valence-electron chi connectivity index (χ0n) is 11.7. The zero-order chi connectivity index (χ0) is 15.3. The molecule has 0 saturated carbocycles. The van der Waals surface area contributed by atoms with Gasteiger partial charge in [-0.15, -0.1) is 0 Å². The molecule has 1 aromatic rings. The van der Waals surface area contributed by atoms with Crippen molar-refractivity contribution in [2.75, 3.05) is 5.32 Å². The lowest BCUT2D eigenvalue weighted by Crippen LogP contribution is -2.24. The van der Waals surface area contributed by atoms with Crippen LogP contribution in [0.3, 0.4) is 0 Å². The second-order valence-electron chi connectivity index (χ2n) is 4.93. The topological polar surface area (TPSA) is 66.4 Å². The first-order valence-corrected chi connectivity index (χ1v) is 6.32. The summed E-state index contributed by atoms with van der Waals surface area (Å²) < 4.78 is 13.8. The summed E-state index contributed by atoms with van der Waals surface area (Å²) in [6.07, 6.45) is 2.21. The van der Waals surface area contributed by atoms with E-state index in [4.69, 9.17) is 5.11 Å². The molecule has 1 unspecified atom stereocenters. The van der Waals surface area contributed by atoms with E-state index in [1.807, 2.05) is 13.8 Å². The van der Waals surface area contributed by atoms with Gasteiger partial charge in [-0.1, -0.05) is 26.8 Å². The number of halogens is 1. The van der Waals surface area contributed by atoms with Crippen LogP contribution in [0.15, 0.2) is 24.3 Å². The van der Waals surface area contributed by atoms with Gasteiger partial charge >= 0.3 is 5.97 Å². The molecule has 1 atom stereocenters. The highest BCUT2D eigenvalue weighted by molar-refractivity contribution is 5.92. The zero-order valence-corrected chi connectivity index (χ0v) is 11.7. The van der Waals surface area contributed by atoms with Gasteiger partial charge in [0.1, 0.15) is 5.82 Å². The molecule has 2 N–H and O–H groups in total. The standard InChI is InChI=1S/C15H18FNO3/c1-9(2)10(3)15(20)17-13-6-4-11(8-12(13)16)5-7-14(18)19/h4-10H,1-3H3,(H,17,20)(H,18,19). The van der Waals surface area contributed by atoms with Crippen molar-refractivity contribution in [1.82, 2.24) is 0 Å². The van der Waals surface area contributed by atoms with Gasteiger partial charge in [0.05, 0.1) is 5.69 Å². The fraction of sp³-hybridized carbons (Fsp3) is 0.333. The van der Waals surface area contributed by atoms with Crippen molar-refractivity contribution in [2.45, 2.75) is 20.8 Å². The van der Waals surface area contributed by atoms with Gasteiger partial charge in [0, 0.05) is 12.0 Å². The van der Waals surface area contributed by atoms with Gasteiger partial charge in [0.15, 0.2) is 0 Å². The van der Waals surface area contributed by atoms with Crippen LogP contribution in [0, 0.1) is 17.7 Å². The van der Waals surface area contributed by atoms with Crippen molar-refractivity contribution in [1.29, 1.82) is 0 Å². The fourth-order valence-electron chi connectivity index (χ4n) is 1.45. The van der Waals surface area contributed by atoms with Crippen molar-refractivity contribution in [3.05, 3.63) is 35.7 Å². The average Bonchev–Trinajstić information content (AvgIpc) is 2.37. The smallest absolute Gasteiger partial charge is 0.328 e. The predicted molar refractivity (Wildman–Crippen MR) is 75.7 cm³/mol. The third kappa shape index (κ3) is 4.50. The Morgan fingerprint density at radius 1 is 1.30 bits per heavy atom. The van der Waals surface area contributed by atoms with E-state index in [1.54, 1.807) is 6.92 Å². The second-order valence-corrected chi connectivity index (χ2v) is 4.93. The Morgan fingerprint density at radius 3 is 2.45 bits per heavy atom. The number of carbonyl (C=O) groups excluding carboxylic acids is 1. The maximum Gasteiger partial charge on any atom is 0.328 e. The van der Waals surface area contributed by atoms with Gasteiger partial charge in [-0.05, 0) is 29.7 Å². The molecule has 0 aromatic heterocycles. The van der Waals surface area contributed by atoms with E-state index < -0.39 is 11.8 Å². The molecule has 0 fully saturated rings. The number of anilines is 1. The summed E-state index contributed by atoms with van der Waals surface area (Å²) in [5.41, 5.74) is 0.509. The number of carboxylic acid groups (broad SMARTS) is 1. The first-order chi connectivity index (χ1) is 9.31. The lowest BCUT2D eigenvalue weighted by atomic mass is 9.97. The molecule has 0 aliphatic heterocycles. The highest BCUT2D eigenvalue weighted by Gasteiger charge is 2.17. The summed E-state index contributed by atoms with van der Waals surface area (Å²) >= 11 is 0. The van der Waals surface area contributed by atoms with Crippen molar-refractivity contribution < 1.29 is 19.1 Å². The molecule has 1 rings (SSSR count). The number of aliphatic carboxylic acids is 1. The van der Waals surface area contributed by atoms with Crippen LogP contribution in [-0.4, -0.2) is 17.0 Å². The third-order valence-corrected chi connectivity index (χ3v) is 3.08. The van der Waals surface area contributed by atoms with E-state index in [-0.39, 0.29) is 23.4 Å². The predicted octanol–water partition coefficient (Wildman–Crippen LogP) is 3.15. The van der Waals surface area contributed by atoms with Crippen LogP contribution in [0.25, 0.3) is 6.08 Å². The summed E-state index contributed by atoms with van der Waals surface area (Å²) in [4.78, 5) is 22.2. The van der Waals surface area contributed by atoms with Gasteiger partial charge in [-0.3, -0.25) is 4.79 Å². The SMILES string of the molecule is CC(C)C(C)C(=O)Nc1ccc(C=CC(=O)O)cc1F. The number of benzene rings is 1. The Balaban J connectivity index is 2.83. The number of rotatable bonds is 5. The lowest BCUT2D eigenvalue weighted by Gasteiger charge is -2.15. The first kappa shape index (κ1) is 15.9. The number of carboxylic acids is 1. The molecule has 1 aromatic carbocycles. The highest BCUT2D eigenvalue weighted by atomic mass is 19.1. The normalized spacial score (nSPS) is 12.7. The molecule has 0 spiro atoms. The summed E-state index contributed by atoms with van der Waals surface area (Å²) in [5, 5.41) is 11.0. The Morgan fingerprint density at radius 2 is 1.95 bits per heavy atom. The van der Waals surface area contributed by atoms with E-state index in [9.17, 15) is 14.0 Å². The fourth-order valence-corrected chi connectivity index (χ4v) is 1.45. The molecule has 1 amide bonds. The van der Waals surface area contributed by atoms with Crippen molar-refractivity contribution >= 4 is 23.6 Å². The Labute approximate surface area is 117 Å². The average molecular weight is 279 g/mol. The largest absolute Gasteiger partial charge is 0.478 e. The molecule has 108 valence electrons. The number of hydrogen-bond donors (Lipinski definition) is 2. The first-order valence-electron chi connectivity index (χ1n) is 6.32. The molecule has 0 aliphatic rings. The summed E-state index contributed by atoms with van der Waals surface area (Å²) in [6.45, 7) is 5.61. The molecule has 0 heterocycles. The van der Waals surface area contributed by atoms with Crippen LogP contribution in [0.2, 0.25) is 0 Å². The highest BCUT2D eigenvalue weighted by Crippen LogP contribution is 2.19. The molecule has 5 heteroatoms. The number of amides is 1. The quantitative estimate of drug-likeness (QED) is 0.814. The molecule has 20 heavy (non-hydrogen) atoms. The molecule has 0 bridgehead atoms. The van der Waals surface area contributed by atoms with Gasteiger partial charge in [0.25, 0.3) is 0 Å². The van der Waals surface area contributed by atoms with E-state index in [0.29, 0.717) is 5.56 Å². The molecular weight excluding hydrogens is 261 g/mol. The minimum atomic E-state index is -1.10. The Hall–Kier alpha value is -2.17. The minimum Gasteiger partial charge on any atom is -0.478 e. The van der Waals surface area contributed by atoms with Gasteiger partial charge in [0.2, 0.25) is 5.91 Å². The van der Waals surface area contributed by atoms with Crippen molar-refractivity contribution in [3.63, 3.8) is 0 Å². The Kier molecular flexibility index (Phi) is 5.43. The molecule has 0 aliphatic carbocycles. The molecule has 0 saturated heterocycles. The molecule has 4 nitrogen and oxygen atoms in total. The third-order valence-electron chi connectivity index (χ3n) is 3.08. The van der Waals surface area contributed by atoms with Gasteiger partial charge in [-0.2, -0.15) is 0 Å². The summed E-state index contributed by atoms with van der Waals surface area (Å²) in [6, 6.07) is 4.13. The number of hydrogen-bond acceptors (Lipinski definition) is 2. The monoisotopic (exact) mass is 279 g/mol. The van der Waals surface area contributed by atoms with E-state index in [0.717, 1.165) is 6.08 Å². The lowest BCUT2D eigenvalue weighted by molar-refractivity contribution is -0.131. The van der Waals surface area contributed by atoms with Gasteiger partial charge in [-0.25, -0.2) is 9.18 Å². The maximum atomic E-state index is 13.8. The van der Waals surface area contributed by atoms with Crippen molar-refractivity contribution in [2.24, 2.45) is 11.8 Å². The van der Waals surface area contributed by atoms with Gasteiger partial charge < -0.3 is 10.4 Å². The summed E-state index contributed by atoms with van der Waals surface area (Å²) in [5.74, 6) is -2.00. The van der Waals surface area contributed by atoms with E-state index in [1.165, 1.54) is 24.3 Å². The van der Waals surface area contributed by atoms with Crippen LogP contribution in [-0.2, 0) is 9.59 Å². The van der Waals surface area contributed by atoms with Crippen LogP contribution in [0.4, 0.5) is 10.1 Å². The van der Waals surface area contributed by atoms with Crippen molar-refractivity contribution in [3.8, 4) is 0 Å². The Bertz CT molecular complexity index is 538. The van der Waals surface area contributed by atoms with Crippen LogP contribution < -0.4 is 5.32 Å². The number of carbonyl (C=O) groups is 2. The molecule has 0 radical (unpaired) electrons. The minimum absolute atomic E-state index is 0.0926.